The number of nitrogens with zero attached hydrogens (tertiary/aromatic N) is 2. The number of morpholine rings is 1. The monoisotopic (exact) mass is 405 g/mol. The maximum atomic E-state index is 12.9. The highest BCUT2D eigenvalue weighted by Gasteiger charge is 2.28. The lowest BCUT2D eigenvalue weighted by atomic mass is 10.1. The van der Waals surface area contributed by atoms with Crippen molar-refractivity contribution in [1.29, 1.82) is 0 Å². The number of thiophene rings is 2. The van der Waals surface area contributed by atoms with Gasteiger partial charge in [-0.1, -0.05) is 6.07 Å². The molecule has 1 N–H and O–H groups in total. The summed E-state index contributed by atoms with van der Waals surface area (Å²) in [5, 5.41) is 7.78. The van der Waals surface area contributed by atoms with Crippen LogP contribution in [0.5, 0.6) is 0 Å². The van der Waals surface area contributed by atoms with Gasteiger partial charge in [0.05, 0.1) is 25.3 Å². The quantitative estimate of drug-likeness (QED) is 0.803. The average molecular weight is 406 g/mol. The molecule has 2 aromatic heterocycles. The van der Waals surface area contributed by atoms with Gasteiger partial charge in [-0.15, -0.1) is 22.7 Å². The largest absolute Gasteiger partial charge is 0.379 e. The van der Waals surface area contributed by atoms with Gasteiger partial charge < -0.3 is 15.0 Å². The van der Waals surface area contributed by atoms with Crippen LogP contribution < -0.4 is 5.32 Å². The number of amides is 1. The number of hydrogen-bond acceptors (Lipinski definition) is 6. The molecule has 4 heterocycles. The van der Waals surface area contributed by atoms with Crippen LogP contribution in [0.25, 0.3) is 0 Å². The summed E-state index contributed by atoms with van der Waals surface area (Å²) in [6.07, 6.45) is 0.983. The molecule has 2 atom stereocenters. The summed E-state index contributed by atoms with van der Waals surface area (Å²) in [5.74, 6) is 0.207. The molecular weight excluding hydrogens is 378 g/mol. The SMILES string of the molecule is CC(NCC(c1cccs1)N1CCOCC1)C(=O)N1CCc2sccc2C1. The molecule has 2 aliphatic rings. The third-order valence-electron chi connectivity index (χ3n) is 5.47. The molecule has 1 fully saturated rings. The Kier molecular flexibility index (Phi) is 6.24. The Morgan fingerprint density at radius 2 is 2.07 bits per heavy atom. The smallest absolute Gasteiger partial charge is 0.239 e. The molecule has 0 aromatic carbocycles. The maximum Gasteiger partial charge on any atom is 0.239 e. The lowest BCUT2D eigenvalue weighted by Crippen LogP contribution is -2.49. The predicted octanol–water partition coefficient (Wildman–Crippen LogP) is 2.75. The van der Waals surface area contributed by atoms with Crippen molar-refractivity contribution in [1.82, 2.24) is 15.1 Å². The van der Waals surface area contributed by atoms with Crippen LogP contribution in [-0.4, -0.2) is 61.1 Å². The van der Waals surface area contributed by atoms with Gasteiger partial charge in [0, 0.05) is 42.5 Å². The number of hydrogen-bond donors (Lipinski definition) is 1. The zero-order valence-corrected chi connectivity index (χ0v) is 17.4. The lowest BCUT2D eigenvalue weighted by Gasteiger charge is -2.35. The fourth-order valence-electron chi connectivity index (χ4n) is 3.87. The standard InChI is InChI=1S/C20H27N3O2S2/c1-15(20(24)23-6-4-18-16(14-23)5-12-27-18)21-13-17(19-3-2-11-26-19)22-7-9-25-10-8-22/h2-3,5,11-12,15,17,21H,4,6-10,13-14H2,1H3. The second-order valence-corrected chi connectivity index (χ2v) is 9.17. The summed E-state index contributed by atoms with van der Waals surface area (Å²) < 4.78 is 5.51. The van der Waals surface area contributed by atoms with E-state index >= 15 is 0 Å². The molecule has 5 nitrogen and oxygen atoms in total. The first kappa shape index (κ1) is 19.1. The van der Waals surface area contributed by atoms with E-state index in [0.717, 1.165) is 52.4 Å². The van der Waals surface area contributed by atoms with Crippen LogP contribution in [0, 0.1) is 0 Å². The first-order valence-corrected chi connectivity index (χ1v) is 11.4. The summed E-state index contributed by atoms with van der Waals surface area (Å²) in [5.41, 5.74) is 1.32. The molecule has 2 aromatic rings. The van der Waals surface area contributed by atoms with Crippen molar-refractivity contribution in [3.05, 3.63) is 44.3 Å². The number of nitrogens with one attached hydrogen (secondary N) is 1. The van der Waals surface area contributed by atoms with Crippen molar-refractivity contribution in [2.45, 2.75) is 32.0 Å². The van der Waals surface area contributed by atoms with Gasteiger partial charge in [-0.3, -0.25) is 9.69 Å². The molecule has 27 heavy (non-hydrogen) atoms. The zero-order chi connectivity index (χ0) is 18.6. The van der Waals surface area contributed by atoms with Gasteiger partial charge in [0.25, 0.3) is 0 Å². The van der Waals surface area contributed by atoms with Gasteiger partial charge in [-0.05, 0) is 41.8 Å². The van der Waals surface area contributed by atoms with Crippen LogP contribution >= 0.6 is 22.7 Å². The second kappa shape index (κ2) is 8.84. The molecule has 0 radical (unpaired) electrons. The Hall–Kier alpha value is -1.25. The molecule has 4 rings (SSSR count). The van der Waals surface area contributed by atoms with Gasteiger partial charge in [0.2, 0.25) is 5.91 Å². The summed E-state index contributed by atoms with van der Waals surface area (Å²) in [6.45, 7) is 7.82. The van der Waals surface area contributed by atoms with E-state index in [1.807, 2.05) is 23.2 Å². The van der Waals surface area contributed by atoms with E-state index in [4.69, 9.17) is 4.74 Å². The molecule has 1 saturated heterocycles. The molecule has 2 unspecified atom stereocenters. The fourth-order valence-corrected chi connectivity index (χ4v) is 5.62. The van der Waals surface area contributed by atoms with Crippen molar-refractivity contribution in [2.75, 3.05) is 39.4 Å². The fraction of sp³-hybridized carbons (Fsp3) is 0.550. The van der Waals surface area contributed by atoms with E-state index < -0.39 is 0 Å². The predicted molar refractivity (Wildman–Crippen MR) is 110 cm³/mol. The van der Waals surface area contributed by atoms with Crippen LogP contribution in [-0.2, 0) is 22.5 Å². The van der Waals surface area contributed by atoms with E-state index in [9.17, 15) is 4.79 Å². The Morgan fingerprint density at radius 3 is 2.85 bits per heavy atom. The van der Waals surface area contributed by atoms with E-state index in [-0.39, 0.29) is 11.9 Å². The Balaban J connectivity index is 1.36. The highest BCUT2D eigenvalue weighted by atomic mass is 32.1. The lowest BCUT2D eigenvalue weighted by molar-refractivity contribution is -0.134. The topological polar surface area (TPSA) is 44.8 Å². The Labute approximate surface area is 168 Å². The Morgan fingerprint density at radius 1 is 1.22 bits per heavy atom. The highest BCUT2D eigenvalue weighted by Crippen LogP contribution is 2.26. The van der Waals surface area contributed by atoms with E-state index in [1.54, 1.807) is 11.3 Å². The summed E-state index contributed by atoms with van der Waals surface area (Å²) in [7, 11) is 0. The van der Waals surface area contributed by atoms with Gasteiger partial charge in [0.15, 0.2) is 0 Å². The van der Waals surface area contributed by atoms with Crippen LogP contribution in [0.1, 0.15) is 28.3 Å². The van der Waals surface area contributed by atoms with E-state index in [0.29, 0.717) is 6.04 Å². The third-order valence-corrected chi connectivity index (χ3v) is 7.46. The van der Waals surface area contributed by atoms with Crippen molar-refractivity contribution >= 4 is 28.6 Å². The van der Waals surface area contributed by atoms with Crippen molar-refractivity contribution < 1.29 is 9.53 Å². The van der Waals surface area contributed by atoms with Crippen LogP contribution in [0.3, 0.4) is 0 Å². The minimum atomic E-state index is -0.173. The van der Waals surface area contributed by atoms with Crippen LogP contribution in [0.4, 0.5) is 0 Å². The Bertz CT molecular complexity index is 740. The average Bonchev–Trinajstić information content (AvgIpc) is 3.39. The molecule has 7 heteroatoms. The van der Waals surface area contributed by atoms with Gasteiger partial charge in [0.1, 0.15) is 0 Å². The molecule has 146 valence electrons. The minimum Gasteiger partial charge on any atom is -0.379 e. The summed E-state index contributed by atoms with van der Waals surface area (Å²) in [6, 6.07) is 6.58. The first-order chi connectivity index (χ1) is 13.2. The zero-order valence-electron chi connectivity index (χ0n) is 15.7. The number of carbonyl (C=O) groups excluding carboxylic acids is 1. The minimum absolute atomic E-state index is 0.173. The number of carbonyl (C=O) groups is 1. The molecule has 0 spiro atoms. The maximum absolute atomic E-state index is 12.9. The normalized spacial score (nSPS) is 20.3. The van der Waals surface area contributed by atoms with Crippen molar-refractivity contribution in [3.63, 3.8) is 0 Å². The van der Waals surface area contributed by atoms with Gasteiger partial charge in [-0.25, -0.2) is 0 Å². The van der Waals surface area contributed by atoms with Crippen LogP contribution in [0.2, 0.25) is 0 Å². The highest BCUT2D eigenvalue weighted by molar-refractivity contribution is 7.10. The second-order valence-electron chi connectivity index (χ2n) is 7.19. The molecule has 0 bridgehead atoms. The van der Waals surface area contributed by atoms with E-state index in [1.165, 1.54) is 15.3 Å². The van der Waals surface area contributed by atoms with Crippen molar-refractivity contribution in [2.24, 2.45) is 0 Å². The van der Waals surface area contributed by atoms with E-state index in [2.05, 4.69) is 39.2 Å². The number of fused-ring (bicyclic) bond motifs is 1. The molecule has 0 aliphatic carbocycles. The number of ether oxygens (including phenoxy) is 1. The molecule has 0 saturated carbocycles. The van der Waals surface area contributed by atoms with Crippen LogP contribution in [0.15, 0.2) is 29.0 Å². The molecular formula is C20H27N3O2S2. The molecule has 1 amide bonds. The van der Waals surface area contributed by atoms with Gasteiger partial charge >= 0.3 is 0 Å². The molecule has 2 aliphatic heterocycles. The van der Waals surface area contributed by atoms with Gasteiger partial charge in [-0.2, -0.15) is 0 Å². The first-order valence-electron chi connectivity index (χ1n) is 9.65. The third kappa shape index (κ3) is 4.43. The summed E-state index contributed by atoms with van der Waals surface area (Å²) >= 11 is 3.60. The van der Waals surface area contributed by atoms with Crippen molar-refractivity contribution in [3.8, 4) is 0 Å². The number of rotatable bonds is 6. The summed E-state index contributed by atoms with van der Waals surface area (Å²) in [4.78, 5) is 20.2.